The number of rotatable bonds is 5. The minimum Gasteiger partial charge on any atom is -0.339 e. The predicted molar refractivity (Wildman–Crippen MR) is 61.8 cm³/mol. The normalized spacial score (nSPS) is 20.4. The van der Waals surface area contributed by atoms with Gasteiger partial charge in [-0.05, 0) is 25.7 Å². The second kappa shape index (κ2) is 4.53. The van der Waals surface area contributed by atoms with Crippen molar-refractivity contribution in [1.82, 2.24) is 10.1 Å². The molecule has 0 saturated heterocycles. The Morgan fingerprint density at radius 3 is 2.81 bits per heavy atom. The zero-order chi connectivity index (χ0) is 11.6. The first-order valence-corrected chi connectivity index (χ1v) is 6.24. The number of aryl methyl sites for hydroxylation is 1. The van der Waals surface area contributed by atoms with Crippen molar-refractivity contribution in [3.8, 4) is 0 Å². The molecule has 1 aromatic rings. The largest absolute Gasteiger partial charge is 0.339 e. The van der Waals surface area contributed by atoms with Gasteiger partial charge in [-0.15, -0.1) is 0 Å². The molecular weight excluding hydrogens is 202 g/mol. The first-order chi connectivity index (χ1) is 7.62. The summed E-state index contributed by atoms with van der Waals surface area (Å²) in [6, 6.07) is 0. The van der Waals surface area contributed by atoms with Gasteiger partial charge in [0.15, 0.2) is 5.82 Å². The monoisotopic (exact) mass is 223 g/mol. The molecule has 1 saturated carbocycles. The Morgan fingerprint density at radius 2 is 2.25 bits per heavy atom. The first-order valence-electron chi connectivity index (χ1n) is 6.24. The predicted octanol–water partition coefficient (Wildman–Crippen LogP) is 2.39. The van der Waals surface area contributed by atoms with Crippen LogP contribution in [-0.2, 0) is 12.0 Å². The highest BCUT2D eigenvalue weighted by molar-refractivity contribution is 5.03. The van der Waals surface area contributed by atoms with E-state index in [-0.39, 0.29) is 0 Å². The lowest BCUT2D eigenvalue weighted by Gasteiger charge is -2.32. The number of aromatic nitrogens is 2. The second-order valence-corrected chi connectivity index (χ2v) is 5.18. The first kappa shape index (κ1) is 11.6. The summed E-state index contributed by atoms with van der Waals surface area (Å²) in [5, 5.41) is 4.01. The van der Waals surface area contributed by atoms with Crippen LogP contribution >= 0.6 is 0 Å². The van der Waals surface area contributed by atoms with Crippen molar-refractivity contribution >= 4 is 0 Å². The Labute approximate surface area is 96.6 Å². The Bertz CT molecular complexity index is 342. The summed E-state index contributed by atoms with van der Waals surface area (Å²) >= 11 is 0. The molecule has 0 spiro atoms. The van der Waals surface area contributed by atoms with Gasteiger partial charge in [0.05, 0.1) is 5.54 Å². The molecule has 0 aromatic carbocycles. The number of hydrogen-bond acceptors (Lipinski definition) is 4. The Morgan fingerprint density at radius 1 is 1.50 bits per heavy atom. The molecule has 0 amide bonds. The molecule has 1 heterocycles. The maximum atomic E-state index is 6.27. The van der Waals surface area contributed by atoms with E-state index in [0.717, 1.165) is 25.2 Å². The van der Waals surface area contributed by atoms with Crippen molar-refractivity contribution in [1.29, 1.82) is 0 Å². The van der Waals surface area contributed by atoms with E-state index in [9.17, 15) is 0 Å². The summed E-state index contributed by atoms with van der Waals surface area (Å²) < 4.78 is 5.18. The quantitative estimate of drug-likeness (QED) is 0.832. The minimum atomic E-state index is -0.430. The molecule has 1 unspecified atom stereocenters. The highest BCUT2D eigenvalue weighted by Crippen LogP contribution is 2.35. The van der Waals surface area contributed by atoms with Crippen LogP contribution in [0.3, 0.4) is 0 Å². The molecule has 2 rings (SSSR count). The SMILES string of the molecule is CCCc1nc(C(C)(N)CC2CCC2)no1. The van der Waals surface area contributed by atoms with Gasteiger partial charge >= 0.3 is 0 Å². The Kier molecular flexibility index (Phi) is 3.28. The topological polar surface area (TPSA) is 64.9 Å². The summed E-state index contributed by atoms with van der Waals surface area (Å²) in [6.07, 6.45) is 6.77. The zero-order valence-corrected chi connectivity index (χ0v) is 10.2. The standard InChI is InChI=1S/C12H21N3O/c1-3-5-10-14-11(15-16-10)12(2,13)8-9-6-4-7-9/h9H,3-8,13H2,1-2H3. The minimum absolute atomic E-state index is 0.430. The van der Waals surface area contributed by atoms with Gasteiger partial charge in [-0.25, -0.2) is 0 Å². The average Bonchev–Trinajstić information content (AvgIpc) is 2.62. The van der Waals surface area contributed by atoms with Gasteiger partial charge in [0.2, 0.25) is 5.89 Å². The van der Waals surface area contributed by atoms with Gasteiger partial charge in [-0.2, -0.15) is 4.98 Å². The zero-order valence-electron chi connectivity index (χ0n) is 10.2. The van der Waals surface area contributed by atoms with E-state index in [1.54, 1.807) is 0 Å². The Hall–Kier alpha value is -0.900. The highest BCUT2D eigenvalue weighted by atomic mass is 16.5. The van der Waals surface area contributed by atoms with Crippen LogP contribution in [0.15, 0.2) is 4.52 Å². The van der Waals surface area contributed by atoms with Gasteiger partial charge in [0.25, 0.3) is 0 Å². The molecule has 1 atom stereocenters. The van der Waals surface area contributed by atoms with Crippen molar-refractivity contribution in [2.75, 3.05) is 0 Å². The fourth-order valence-electron chi connectivity index (χ4n) is 2.19. The van der Waals surface area contributed by atoms with E-state index < -0.39 is 5.54 Å². The number of nitrogens with two attached hydrogens (primary N) is 1. The smallest absolute Gasteiger partial charge is 0.226 e. The van der Waals surface area contributed by atoms with Crippen LogP contribution in [0.1, 0.15) is 57.7 Å². The van der Waals surface area contributed by atoms with Crippen molar-refractivity contribution in [3.05, 3.63) is 11.7 Å². The van der Waals surface area contributed by atoms with Crippen LogP contribution in [0.4, 0.5) is 0 Å². The van der Waals surface area contributed by atoms with E-state index in [1.165, 1.54) is 19.3 Å². The van der Waals surface area contributed by atoms with E-state index in [1.807, 2.05) is 6.92 Å². The fourth-order valence-corrected chi connectivity index (χ4v) is 2.19. The summed E-state index contributed by atoms with van der Waals surface area (Å²) in [7, 11) is 0. The van der Waals surface area contributed by atoms with E-state index >= 15 is 0 Å². The summed E-state index contributed by atoms with van der Waals surface area (Å²) in [5.74, 6) is 2.13. The molecule has 4 nitrogen and oxygen atoms in total. The van der Waals surface area contributed by atoms with Crippen LogP contribution in [0.2, 0.25) is 0 Å². The third-order valence-corrected chi connectivity index (χ3v) is 3.38. The molecule has 1 aromatic heterocycles. The highest BCUT2D eigenvalue weighted by Gasteiger charge is 2.32. The van der Waals surface area contributed by atoms with Gasteiger partial charge in [-0.1, -0.05) is 31.3 Å². The van der Waals surface area contributed by atoms with E-state index in [4.69, 9.17) is 10.3 Å². The molecule has 90 valence electrons. The van der Waals surface area contributed by atoms with Gasteiger partial charge in [0, 0.05) is 6.42 Å². The van der Waals surface area contributed by atoms with Crippen molar-refractivity contribution in [3.63, 3.8) is 0 Å². The van der Waals surface area contributed by atoms with Crippen LogP contribution in [-0.4, -0.2) is 10.1 Å². The second-order valence-electron chi connectivity index (χ2n) is 5.18. The molecule has 4 heteroatoms. The van der Waals surface area contributed by atoms with E-state index in [2.05, 4.69) is 17.1 Å². The molecule has 0 radical (unpaired) electrons. The third kappa shape index (κ3) is 2.43. The van der Waals surface area contributed by atoms with Crippen LogP contribution in [0.5, 0.6) is 0 Å². The van der Waals surface area contributed by atoms with E-state index in [0.29, 0.717) is 11.7 Å². The van der Waals surface area contributed by atoms with Gasteiger partial charge in [0.1, 0.15) is 0 Å². The summed E-state index contributed by atoms with van der Waals surface area (Å²) in [6.45, 7) is 4.10. The third-order valence-electron chi connectivity index (χ3n) is 3.38. The summed E-state index contributed by atoms with van der Waals surface area (Å²) in [4.78, 5) is 4.38. The molecule has 16 heavy (non-hydrogen) atoms. The molecule has 1 aliphatic carbocycles. The lowest BCUT2D eigenvalue weighted by atomic mass is 9.76. The molecule has 1 aliphatic rings. The fraction of sp³-hybridized carbons (Fsp3) is 0.833. The lowest BCUT2D eigenvalue weighted by Crippen LogP contribution is -2.38. The Balaban J connectivity index is 2.01. The van der Waals surface area contributed by atoms with Crippen molar-refractivity contribution in [2.24, 2.45) is 11.7 Å². The van der Waals surface area contributed by atoms with Crippen LogP contribution in [0.25, 0.3) is 0 Å². The molecule has 2 N–H and O–H groups in total. The number of hydrogen-bond donors (Lipinski definition) is 1. The molecule has 1 fully saturated rings. The summed E-state index contributed by atoms with van der Waals surface area (Å²) in [5.41, 5.74) is 5.84. The van der Waals surface area contributed by atoms with Crippen LogP contribution in [0, 0.1) is 5.92 Å². The maximum absolute atomic E-state index is 6.27. The maximum Gasteiger partial charge on any atom is 0.226 e. The van der Waals surface area contributed by atoms with Crippen LogP contribution < -0.4 is 5.73 Å². The number of nitrogens with zero attached hydrogens (tertiary/aromatic N) is 2. The lowest BCUT2D eigenvalue weighted by molar-refractivity contribution is 0.225. The molecule has 0 aliphatic heterocycles. The van der Waals surface area contributed by atoms with Gasteiger partial charge < -0.3 is 10.3 Å². The van der Waals surface area contributed by atoms with Crippen molar-refractivity contribution < 1.29 is 4.52 Å². The van der Waals surface area contributed by atoms with Gasteiger partial charge in [-0.3, -0.25) is 0 Å². The average molecular weight is 223 g/mol. The molecule has 0 bridgehead atoms. The van der Waals surface area contributed by atoms with Crippen molar-refractivity contribution in [2.45, 2.75) is 57.9 Å². The molecular formula is C12H21N3O.